The van der Waals surface area contributed by atoms with Crippen LogP contribution in [-0.4, -0.2) is 36.5 Å². The standard InChI is InChI=1S/C14H17N3O4S2/c1-10-7-11(21-9-12-3-2-6-20-12)4-5-13(10)23(18,19)17-14-8-15-22-16-14/h4-5,7-8,12H,2-3,6,9H2,1H3,(H,16,17). The van der Waals surface area contributed by atoms with Gasteiger partial charge in [-0.3, -0.25) is 4.72 Å². The van der Waals surface area contributed by atoms with Gasteiger partial charge in [-0.25, -0.2) is 8.42 Å². The maximum atomic E-state index is 12.4. The summed E-state index contributed by atoms with van der Waals surface area (Å²) in [6.45, 7) is 2.99. The highest BCUT2D eigenvalue weighted by atomic mass is 32.2. The van der Waals surface area contributed by atoms with Crippen LogP contribution in [0.1, 0.15) is 18.4 Å². The topological polar surface area (TPSA) is 90.4 Å². The van der Waals surface area contributed by atoms with Crippen LogP contribution < -0.4 is 9.46 Å². The molecule has 124 valence electrons. The van der Waals surface area contributed by atoms with Crippen molar-refractivity contribution in [3.8, 4) is 5.75 Å². The average Bonchev–Trinajstić information content (AvgIpc) is 3.17. The van der Waals surface area contributed by atoms with Crippen molar-refractivity contribution in [2.24, 2.45) is 0 Å². The zero-order chi connectivity index (χ0) is 16.3. The van der Waals surface area contributed by atoms with Gasteiger partial charge in [0.2, 0.25) is 0 Å². The maximum absolute atomic E-state index is 12.4. The van der Waals surface area contributed by atoms with Crippen LogP contribution in [-0.2, 0) is 14.8 Å². The van der Waals surface area contributed by atoms with Crippen LogP contribution in [0.5, 0.6) is 5.75 Å². The van der Waals surface area contributed by atoms with Crippen molar-refractivity contribution in [1.82, 2.24) is 8.75 Å². The second-order valence-electron chi connectivity index (χ2n) is 5.27. The molecule has 1 saturated heterocycles. The number of nitrogens with zero attached hydrogens (tertiary/aromatic N) is 2. The summed E-state index contributed by atoms with van der Waals surface area (Å²) >= 11 is 0.942. The lowest BCUT2D eigenvalue weighted by molar-refractivity contribution is 0.0679. The molecule has 1 aliphatic heterocycles. The van der Waals surface area contributed by atoms with Gasteiger partial charge in [-0.05, 0) is 43.5 Å². The van der Waals surface area contributed by atoms with Gasteiger partial charge in [-0.1, -0.05) is 0 Å². The van der Waals surface area contributed by atoms with Crippen molar-refractivity contribution >= 4 is 27.6 Å². The third-order valence-corrected chi connectivity index (χ3v) is 5.49. The summed E-state index contributed by atoms with van der Waals surface area (Å²) in [5.41, 5.74) is 0.602. The number of aromatic nitrogens is 2. The fraction of sp³-hybridized carbons (Fsp3) is 0.429. The zero-order valence-electron chi connectivity index (χ0n) is 12.6. The Bertz CT molecular complexity index is 756. The molecule has 1 aromatic heterocycles. The van der Waals surface area contributed by atoms with Crippen LogP contribution in [0.15, 0.2) is 29.3 Å². The van der Waals surface area contributed by atoms with Gasteiger partial charge < -0.3 is 9.47 Å². The van der Waals surface area contributed by atoms with Gasteiger partial charge >= 0.3 is 0 Å². The number of nitrogens with one attached hydrogen (secondary N) is 1. The number of anilines is 1. The Hall–Kier alpha value is -1.71. The first-order chi connectivity index (χ1) is 11.0. The molecule has 1 aliphatic rings. The SMILES string of the molecule is Cc1cc(OCC2CCCO2)ccc1S(=O)(=O)Nc1cnsn1. The van der Waals surface area contributed by atoms with Gasteiger partial charge in [0.15, 0.2) is 5.82 Å². The summed E-state index contributed by atoms with van der Waals surface area (Å²) in [7, 11) is -3.69. The molecule has 1 unspecified atom stereocenters. The maximum Gasteiger partial charge on any atom is 0.263 e. The van der Waals surface area contributed by atoms with Gasteiger partial charge in [-0.15, -0.1) is 0 Å². The summed E-state index contributed by atoms with van der Waals surface area (Å²) in [6, 6.07) is 4.89. The first kappa shape index (κ1) is 16.2. The largest absolute Gasteiger partial charge is 0.491 e. The molecule has 1 fully saturated rings. The zero-order valence-corrected chi connectivity index (χ0v) is 14.2. The Morgan fingerprint density at radius 1 is 1.48 bits per heavy atom. The molecule has 1 N–H and O–H groups in total. The van der Waals surface area contributed by atoms with E-state index in [1.165, 1.54) is 12.3 Å². The number of aryl methyl sites for hydroxylation is 1. The predicted molar refractivity (Wildman–Crippen MR) is 86.4 cm³/mol. The number of rotatable bonds is 6. The number of benzene rings is 1. The van der Waals surface area contributed by atoms with Crippen LogP contribution in [0, 0.1) is 6.92 Å². The third-order valence-electron chi connectivity index (χ3n) is 3.50. The van der Waals surface area contributed by atoms with E-state index in [-0.39, 0.29) is 16.8 Å². The highest BCUT2D eigenvalue weighted by Crippen LogP contribution is 2.24. The first-order valence-corrected chi connectivity index (χ1v) is 9.41. The summed E-state index contributed by atoms with van der Waals surface area (Å²) in [6.07, 6.45) is 3.55. The van der Waals surface area contributed by atoms with Crippen molar-refractivity contribution < 1.29 is 17.9 Å². The quantitative estimate of drug-likeness (QED) is 0.854. The molecule has 0 bridgehead atoms. The van der Waals surface area contributed by atoms with Crippen molar-refractivity contribution in [3.63, 3.8) is 0 Å². The van der Waals surface area contributed by atoms with E-state index in [9.17, 15) is 8.42 Å². The van der Waals surface area contributed by atoms with E-state index in [0.717, 1.165) is 31.2 Å². The molecule has 9 heteroatoms. The summed E-state index contributed by atoms with van der Waals surface area (Å²) in [4.78, 5) is 0.190. The van der Waals surface area contributed by atoms with Crippen molar-refractivity contribution in [3.05, 3.63) is 30.0 Å². The highest BCUT2D eigenvalue weighted by molar-refractivity contribution is 7.92. The molecule has 0 spiro atoms. The molecule has 2 heterocycles. The van der Waals surface area contributed by atoms with Gasteiger partial charge in [0.1, 0.15) is 12.4 Å². The molecule has 0 saturated carbocycles. The van der Waals surface area contributed by atoms with Gasteiger partial charge in [0, 0.05) is 6.61 Å². The number of ether oxygens (including phenoxy) is 2. The van der Waals surface area contributed by atoms with E-state index in [1.54, 1.807) is 19.1 Å². The summed E-state index contributed by atoms with van der Waals surface area (Å²) in [5, 5.41) is 0. The Morgan fingerprint density at radius 2 is 2.35 bits per heavy atom. The molecule has 0 radical (unpaired) electrons. The Morgan fingerprint density at radius 3 is 3.00 bits per heavy atom. The smallest absolute Gasteiger partial charge is 0.263 e. The summed E-state index contributed by atoms with van der Waals surface area (Å²) < 4.78 is 45.9. The average molecular weight is 355 g/mol. The monoisotopic (exact) mass is 355 g/mol. The number of hydrogen-bond donors (Lipinski definition) is 1. The lowest BCUT2D eigenvalue weighted by Crippen LogP contribution is -2.17. The van der Waals surface area contributed by atoms with E-state index in [2.05, 4.69) is 13.5 Å². The molecule has 1 aromatic carbocycles. The second-order valence-corrected chi connectivity index (χ2v) is 7.48. The Balaban J connectivity index is 1.70. The van der Waals surface area contributed by atoms with Gasteiger partial charge in [0.25, 0.3) is 10.0 Å². The van der Waals surface area contributed by atoms with Crippen LogP contribution in [0.3, 0.4) is 0 Å². The first-order valence-electron chi connectivity index (χ1n) is 7.20. The van der Waals surface area contributed by atoms with Crippen molar-refractivity contribution in [1.29, 1.82) is 0 Å². The fourth-order valence-corrected chi connectivity index (χ4v) is 4.03. The lowest BCUT2D eigenvalue weighted by atomic mass is 10.2. The second kappa shape index (κ2) is 6.81. The normalized spacial score (nSPS) is 18.0. The lowest BCUT2D eigenvalue weighted by Gasteiger charge is -2.13. The molecule has 1 atom stereocenters. The molecular weight excluding hydrogens is 338 g/mol. The van der Waals surface area contributed by atoms with Crippen LogP contribution >= 0.6 is 11.7 Å². The van der Waals surface area contributed by atoms with E-state index in [4.69, 9.17) is 9.47 Å². The fourth-order valence-electron chi connectivity index (χ4n) is 2.38. The van der Waals surface area contributed by atoms with Crippen molar-refractivity contribution in [2.75, 3.05) is 17.9 Å². The molecule has 7 nitrogen and oxygen atoms in total. The van der Waals surface area contributed by atoms with E-state index < -0.39 is 10.0 Å². The number of hydrogen-bond acceptors (Lipinski definition) is 7. The van der Waals surface area contributed by atoms with Crippen LogP contribution in [0.4, 0.5) is 5.82 Å². The van der Waals surface area contributed by atoms with E-state index in [1.807, 2.05) is 0 Å². The van der Waals surface area contributed by atoms with Crippen LogP contribution in [0.2, 0.25) is 0 Å². The van der Waals surface area contributed by atoms with Crippen LogP contribution in [0.25, 0.3) is 0 Å². The molecule has 3 rings (SSSR count). The Kier molecular flexibility index (Phi) is 4.79. The minimum Gasteiger partial charge on any atom is -0.491 e. The van der Waals surface area contributed by atoms with Crippen molar-refractivity contribution in [2.45, 2.75) is 30.8 Å². The minimum absolute atomic E-state index is 0.123. The molecule has 0 aliphatic carbocycles. The van der Waals surface area contributed by atoms with Gasteiger partial charge in [-0.2, -0.15) is 8.75 Å². The molecule has 23 heavy (non-hydrogen) atoms. The Labute approximate surface area is 139 Å². The van der Waals surface area contributed by atoms with E-state index >= 15 is 0 Å². The molecular formula is C14H17N3O4S2. The molecule has 0 amide bonds. The van der Waals surface area contributed by atoms with E-state index in [0.29, 0.717) is 17.9 Å². The minimum atomic E-state index is -3.69. The third kappa shape index (κ3) is 3.98. The predicted octanol–water partition coefficient (Wildman–Crippen LogP) is 2.21. The van der Waals surface area contributed by atoms with Gasteiger partial charge in [0.05, 0.1) is 28.9 Å². The highest BCUT2D eigenvalue weighted by Gasteiger charge is 2.19. The summed E-state index contributed by atoms with van der Waals surface area (Å²) in [5.74, 6) is 0.848. The molecule has 2 aromatic rings. The number of sulfonamides is 1.